The second-order valence-electron chi connectivity index (χ2n) is 4.68. The van der Waals surface area contributed by atoms with Crippen molar-refractivity contribution in [3.05, 3.63) is 22.4 Å². The lowest BCUT2D eigenvalue weighted by Crippen LogP contribution is -2.48. The van der Waals surface area contributed by atoms with Gasteiger partial charge in [-0.25, -0.2) is 0 Å². The van der Waals surface area contributed by atoms with Gasteiger partial charge in [-0.2, -0.15) is 11.3 Å². The highest BCUT2D eigenvalue weighted by Gasteiger charge is 2.21. The summed E-state index contributed by atoms with van der Waals surface area (Å²) in [4.78, 5) is 26.5. The molecule has 1 aliphatic heterocycles. The number of carbonyl (C=O) groups excluding carboxylic acids is 1. The predicted octanol–water partition coefficient (Wildman–Crippen LogP) is 1.21. The Balaban J connectivity index is 1.68. The average Bonchev–Trinajstić information content (AvgIpc) is 2.92. The Morgan fingerprint density at radius 1 is 1.25 bits per heavy atom. The van der Waals surface area contributed by atoms with E-state index in [-0.39, 0.29) is 17.4 Å². The maximum atomic E-state index is 11.9. The Labute approximate surface area is 126 Å². The molecule has 0 spiro atoms. The van der Waals surface area contributed by atoms with E-state index in [1.54, 1.807) is 11.3 Å². The molecule has 2 heterocycles. The number of aliphatic carboxylic acids is 1. The van der Waals surface area contributed by atoms with Crippen molar-refractivity contribution in [3.8, 4) is 0 Å². The second-order valence-corrected chi connectivity index (χ2v) is 6.44. The van der Waals surface area contributed by atoms with Crippen LogP contribution in [0.2, 0.25) is 0 Å². The zero-order valence-corrected chi connectivity index (χ0v) is 12.8. The molecule has 1 fully saturated rings. The van der Waals surface area contributed by atoms with Gasteiger partial charge < -0.3 is 10.0 Å². The Bertz CT molecular complexity index is 442. The molecule has 1 aromatic heterocycles. The van der Waals surface area contributed by atoms with Crippen LogP contribution < -0.4 is 0 Å². The van der Waals surface area contributed by atoms with Crippen molar-refractivity contribution < 1.29 is 14.7 Å². The van der Waals surface area contributed by atoms with Crippen molar-refractivity contribution in [2.75, 3.05) is 37.7 Å². The zero-order valence-electron chi connectivity index (χ0n) is 11.2. The molecule has 1 saturated heterocycles. The first-order valence-electron chi connectivity index (χ1n) is 6.46. The van der Waals surface area contributed by atoms with Gasteiger partial charge in [-0.05, 0) is 22.4 Å². The number of thioether (sulfide) groups is 1. The number of carboxylic acids is 1. The van der Waals surface area contributed by atoms with E-state index in [1.165, 1.54) is 5.56 Å². The minimum atomic E-state index is -0.872. The Morgan fingerprint density at radius 3 is 2.60 bits per heavy atom. The van der Waals surface area contributed by atoms with Crippen molar-refractivity contribution in [2.45, 2.75) is 6.54 Å². The third kappa shape index (κ3) is 4.81. The smallest absolute Gasteiger partial charge is 0.313 e. The van der Waals surface area contributed by atoms with Crippen molar-refractivity contribution in [3.63, 3.8) is 0 Å². The van der Waals surface area contributed by atoms with Gasteiger partial charge in [-0.3, -0.25) is 14.5 Å². The SMILES string of the molecule is O=C(O)CSCC(=O)N1CCN(Cc2ccsc2)CC1. The number of hydrogen-bond donors (Lipinski definition) is 1. The molecular formula is C13H18N2O3S2. The summed E-state index contributed by atoms with van der Waals surface area (Å²) in [6, 6.07) is 2.13. The Kier molecular flexibility index (Phi) is 5.87. The first-order valence-corrected chi connectivity index (χ1v) is 8.55. The van der Waals surface area contributed by atoms with Gasteiger partial charge in [-0.1, -0.05) is 0 Å². The maximum Gasteiger partial charge on any atom is 0.313 e. The minimum Gasteiger partial charge on any atom is -0.481 e. The number of rotatable bonds is 6. The van der Waals surface area contributed by atoms with Crippen molar-refractivity contribution in [1.82, 2.24) is 9.80 Å². The molecule has 0 unspecified atom stereocenters. The predicted molar refractivity (Wildman–Crippen MR) is 81.1 cm³/mol. The first-order chi connectivity index (χ1) is 9.65. The molecule has 0 radical (unpaired) electrons. The molecule has 1 aromatic rings. The molecule has 0 aromatic carbocycles. The van der Waals surface area contributed by atoms with Crippen molar-refractivity contribution in [2.24, 2.45) is 0 Å². The summed E-state index contributed by atoms with van der Waals surface area (Å²) in [7, 11) is 0. The highest BCUT2D eigenvalue weighted by atomic mass is 32.2. The highest BCUT2D eigenvalue weighted by molar-refractivity contribution is 8.00. The molecule has 1 amide bonds. The van der Waals surface area contributed by atoms with Crippen molar-refractivity contribution >= 4 is 35.0 Å². The van der Waals surface area contributed by atoms with E-state index in [1.807, 2.05) is 4.90 Å². The quantitative estimate of drug-likeness (QED) is 0.855. The Hall–Kier alpha value is -1.05. The van der Waals surface area contributed by atoms with Gasteiger partial charge in [0.15, 0.2) is 0 Å². The summed E-state index contributed by atoms with van der Waals surface area (Å²) < 4.78 is 0. The summed E-state index contributed by atoms with van der Waals surface area (Å²) in [6.45, 7) is 4.17. The van der Waals surface area contributed by atoms with Crippen LogP contribution in [-0.2, 0) is 16.1 Å². The Morgan fingerprint density at radius 2 is 2.00 bits per heavy atom. The van der Waals surface area contributed by atoms with E-state index in [2.05, 4.69) is 21.7 Å². The lowest BCUT2D eigenvalue weighted by molar-refractivity contribution is -0.133. The van der Waals surface area contributed by atoms with E-state index in [4.69, 9.17) is 5.11 Å². The van der Waals surface area contributed by atoms with Crippen LogP contribution >= 0.6 is 23.1 Å². The number of hydrogen-bond acceptors (Lipinski definition) is 5. The fourth-order valence-corrected chi connectivity index (χ4v) is 3.41. The van der Waals surface area contributed by atoms with Crippen LogP contribution in [0.4, 0.5) is 0 Å². The van der Waals surface area contributed by atoms with Crippen LogP contribution in [0, 0.1) is 0 Å². The van der Waals surface area contributed by atoms with Crippen LogP contribution in [0.25, 0.3) is 0 Å². The maximum absolute atomic E-state index is 11.9. The molecule has 1 N–H and O–H groups in total. The molecule has 5 nitrogen and oxygen atoms in total. The summed E-state index contributed by atoms with van der Waals surface area (Å²) in [5, 5.41) is 12.8. The van der Waals surface area contributed by atoms with Gasteiger partial charge in [0, 0.05) is 32.7 Å². The van der Waals surface area contributed by atoms with E-state index in [0.717, 1.165) is 44.5 Å². The molecule has 20 heavy (non-hydrogen) atoms. The van der Waals surface area contributed by atoms with E-state index in [0.29, 0.717) is 0 Å². The van der Waals surface area contributed by atoms with Gasteiger partial charge in [-0.15, -0.1) is 11.8 Å². The molecule has 0 aliphatic carbocycles. The molecule has 0 atom stereocenters. The molecule has 1 aliphatic rings. The van der Waals surface area contributed by atoms with Gasteiger partial charge in [0.1, 0.15) is 0 Å². The topological polar surface area (TPSA) is 60.9 Å². The highest BCUT2D eigenvalue weighted by Crippen LogP contribution is 2.12. The molecule has 2 rings (SSSR count). The molecule has 0 bridgehead atoms. The minimum absolute atomic E-state index is 0.0101. The molecule has 110 valence electrons. The molecular weight excluding hydrogens is 296 g/mol. The van der Waals surface area contributed by atoms with E-state index >= 15 is 0 Å². The van der Waals surface area contributed by atoms with Crippen LogP contribution in [0.5, 0.6) is 0 Å². The first kappa shape index (κ1) is 15.3. The zero-order chi connectivity index (χ0) is 14.4. The number of nitrogens with zero attached hydrogens (tertiary/aromatic N) is 2. The largest absolute Gasteiger partial charge is 0.481 e. The molecule has 7 heteroatoms. The summed E-state index contributed by atoms with van der Waals surface area (Å²) in [6.07, 6.45) is 0. The number of amides is 1. The summed E-state index contributed by atoms with van der Waals surface area (Å²) >= 11 is 2.87. The summed E-state index contributed by atoms with van der Waals surface area (Å²) in [5.41, 5.74) is 1.33. The van der Waals surface area contributed by atoms with Gasteiger partial charge >= 0.3 is 5.97 Å². The number of thiophene rings is 1. The number of piperazine rings is 1. The second kappa shape index (κ2) is 7.66. The van der Waals surface area contributed by atoms with Gasteiger partial charge in [0.05, 0.1) is 11.5 Å². The van der Waals surface area contributed by atoms with E-state index in [9.17, 15) is 9.59 Å². The lowest BCUT2D eigenvalue weighted by atomic mass is 10.2. The van der Waals surface area contributed by atoms with Gasteiger partial charge in [0.2, 0.25) is 5.91 Å². The standard InChI is InChI=1S/C13H18N2O3S2/c16-12(9-20-10-13(17)18)15-4-2-14(3-5-15)7-11-1-6-19-8-11/h1,6,8H,2-5,7,9-10H2,(H,17,18). The summed E-state index contributed by atoms with van der Waals surface area (Å²) in [5.74, 6) is -0.574. The van der Waals surface area contributed by atoms with Crippen molar-refractivity contribution in [1.29, 1.82) is 0 Å². The monoisotopic (exact) mass is 314 g/mol. The normalized spacial score (nSPS) is 16.3. The van der Waals surface area contributed by atoms with Gasteiger partial charge in [0.25, 0.3) is 0 Å². The fraction of sp³-hybridized carbons (Fsp3) is 0.538. The van der Waals surface area contributed by atoms with Crippen LogP contribution in [0.1, 0.15) is 5.56 Å². The third-order valence-electron chi connectivity index (χ3n) is 3.16. The van der Waals surface area contributed by atoms with Crippen LogP contribution in [0.3, 0.4) is 0 Å². The van der Waals surface area contributed by atoms with Crippen LogP contribution in [0.15, 0.2) is 16.8 Å². The number of carbonyl (C=O) groups is 2. The number of carboxylic acid groups (broad SMARTS) is 1. The third-order valence-corrected chi connectivity index (χ3v) is 4.80. The van der Waals surface area contributed by atoms with E-state index < -0.39 is 5.97 Å². The fourth-order valence-electron chi connectivity index (χ4n) is 2.11. The average molecular weight is 314 g/mol. The molecule has 0 saturated carbocycles. The lowest BCUT2D eigenvalue weighted by Gasteiger charge is -2.34. The van der Waals surface area contributed by atoms with Crippen LogP contribution in [-0.4, -0.2) is 64.5 Å².